The predicted molar refractivity (Wildman–Crippen MR) is 84.6 cm³/mol. The summed E-state index contributed by atoms with van der Waals surface area (Å²) in [5.74, 6) is -0.556. The molecule has 0 aromatic heterocycles. The van der Waals surface area contributed by atoms with E-state index in [0.29, 0.717) is 5.92 Å². The van der Waals surface area contributed by atoms with Crippen molar-refractivity contribution < 1.29 is 18.3 Å². The van der Waals surface area contributed by atoms with Crippen molar-refractivity contribution in [3.63, 3.8) is 0 Å². The maximum Gasteiger partial charge on any atom is 0.336 e. The van der Waals surface area contributed by atoms with Gasteiger partial charge in [-0.15, -0.1) is 0 Å². The zero-order valence-corrected chi connectivity index (χ0v) is 14.5. The number of sulfone groups is 1. The van der Waals surface area contributed by atoms with E-state index in [1.54, 1.807) is 6.07 Å². The van der Waals surface area contributed by atoms with Gasteiger partial charge < -0.3 is 5.11 Å². The molecule has 2 atom stereocenters. The molecule has 1 aromatic carbocycles. The second-order valence-corrected chi connectivity index (χ2v) is 8.54. The van der Waals surface area contributed by atoms with Crippen molar-refractivity contribution in [1.82, 2.24) is 0 Å². The molecule has 1 fully saturated rings. The molecule has 4 nitrogen and oxygen atoms in total. The molecular formula is C15H19BrO4S. The van der Waals surface area contributed by atoms with Gasteiger partial charge in [-0.1, -0.05) is 32.3 Å². The van der Waals surface area contributed by atoms with Crippen LogP contribution in [0.25, 0.3) is 0 Å². The summed E-state index contributed by atoms with van der Waals surface area (Å²) in [6.07, 6.45) is 5.40. The zero-order valence-electron chi connectivity index (χ0n) is 12.1. The highest BCUT2D eigenvalue weighted by atomic mass is 79.9. The van der Waals surface area contributed by atoms with Crippen LogP contribution in [-0.4, -0.2) is 25.7 Å². The topological polar surface area (TPSA) is 71.4 Å². The maximum absolute atomic E-state index is 12.2. The standard InChI is InChI=1S/C15H19BrO4S/c1-9-5-3-4-6-10(9)11-7-8-12(15(17)18)13(16)14(11)21(2,19)20/h7-10H,3-6H2,1-2H3,(H,17,18). The van der Waals surface area contributed by atoms with E-state index in [0.717, 1.165) is 31.1 Å². The van der Waals surface area contributed by atoms with Gasteiger partial charge in [-0.25, -0.2) is 13.2 Å². The lowest BCUT2D eigenvalue weighted by molar-refractivity contribution is 0.0695. The Morgan fingerprint density at radius 2 is 1.90 bits per heavy atom. The lowest BCUT2D eigenvalue weighted by Crippen LogP contribution is -2.19. The lowest BCUT2D eigenvalue weighted by atomic mass is 9.76. The fourth-order valence-electron chi connectivity index (χ4n) is 3.18. The molecule has 21 heavy (non-hydrogen) atoms. The van der Waals surface area contributed by atoms with Crippen molar-refractivity contribution >= 4 is 31.7 Å². The largest absolute Gasteiger partial charge is 0.478 e. The Hall–Kier alpha value is -0.880. The Morgan fingerprint density at radius 1 is 1.29 bits per heavy atom. The van der Waals surface area contributed by atoms with Crippen LogP contribution in [0.4, 0.5) is 0 Å². The van der Waals surface area contributed by atoms with Gasteiger partial charge in [0, 0.05) is 6.26 Å². The third kappa shape index (κ3) is 3.31. The Balaban J connectivity index is 2.66. The van der Waals surface area contributed by atoms with Gasteiger partial charge in [-0.2, -0.15) is 0 Å². The normalized spacial score (nSPS) is 23.0. The van der Waals surface area contributed by atoms with Crippen molar-refractivity contribution in [3.05, 3.63) is 27.7 Å². The highest BCUT2D eigenvalue weighted by Gasteiger charge is 2.30. The SMILES string of the molecule is CC1CCCCC1c1ccc(C(=O)O)c(Br)c1S(C)(=O)=O. The van der Waals surface area contributed by atoms with Crippen LogP contribution in [0, 0.1) is 5.92 Å². The molecular weight excluding hydrogens is 356 g/mol. The van der Waals surface area contributed by atoms with Crippen LogP contribution in [0.3, 0.4) is 0 Å². The van der Waals surface area contributed by atoms with Gasteiger partial charge in [0.1, 0.15) is 0 Å². The first-order chi connectivity index (χ1) is 9.73. The summed E-state index contributed by atoms with van der Waals surface area (Å²) in [5.41, 5.74) is 0.740. The number of rotatable bonds is 3. The zero-order chi connectivity index (χ0) is 15.8. The number of halogens is 1. The average molecular weight is 375 g/mol. The van der Waals surface area contributed by atoms with Crippen LogP contribution in [0.15, 0.2) is 21.5 Å². The van der Waals surface area contributed by atoms with Crippen LogP contribution >= 0.6 is 15.9 Å². The maximum atomic E-state index is 12.2. The molecule has 1 N–H and O–H groups in total. The van der Waals surface area contributed by atoms with Crippen LogP contribution < -0.4 is 0 Å². The predicted octanol–water partition coefficient (Wildman–Crippen LogP) is 3.84. The van der Waals surface area contributed by atoms with Crippen molar-refractivity contribution in [2.24, 2.45) is 5.92 Å². The van der Waals surface area contributed by atoms with Crippen molar-refractivity contribution in [2.75, 3.05) is 6.26 Å². The molecule has 1 saturated carbocycles. The monoisotopic (exact) mass is 374 g/mol. The lowest BCUT2D eigenvalue weighted by Gasteiger charge is -2.30. The van der Waals surface area contributed by atoms with Gasteiger partial charge in [0.15, 0.2) is 9.84 Å². The van der Waals surface area contributed by atoms with E-state index >= 15 is 0 Å². The minimum Gasteiger partial charge on any atom is -0.478 e. The van der Waals surface area contributed by atoms with Gasteiger partial charge in [0.05, 0.1) is 14.9 Å². The van der Waals surface area contributed by atoms with Gasteiger partial charge in [-0.3, -0.25) is 0 Å². The molecule has 2 unspecified atom stereocenters. The second kappa shape index (κ2) is 6.08. The second-order valence-electron chi connectivity index (χ2n) is 5.79. The van der Waals surface area contributed by atoms with Crippen LogP contribution in [0.2, 0.25) is 0 Å². The first-order valence-electron chi connectivity index (χ1n) is 6.99. The molecule has 0 heterocycles. The Morgan fingerprint density at radius 3 is 2.43 bits per heavy atom. The quantitative estimate of drug-likeness (QED) is 0.871. The number of aromatic carboxylic acids is 1. The number of carboxylic acids is 1. The first-order valence-corrected chi connectivity index (χ1v) is 9.67. The third-order valence-electron chi connectivity index (χ3n) is 4.24. The molecule has 0 radical (unpaired) electrons. The Kier molecular flexibility index (Phi) is 4.78. The summed E-state index contributed by atoms with van der Waals surface area (Å²) in [4.78, 5) is 11.4. The Labute approximate surface area is 133 Å². The molecule has 1 aliphatic carbocycles. The van der Waals surface area contributed by atoms with E-state index in [9.17, 15) is 18.3 Å². The fraction of sp³-hybridized carbons (Fsp3) is 0.533. The van der Waals surface area contributed by atoms with E-state index in [-0.39, 0.29) is 20.8 Å². The molecule has 0 saturated heterocycles. The highest BCUT2D eigenvalue weighted by molar-refractivity contribution is 9.10. The fourth-order valence-corrected chi connectivity index (χ4v) is 5.68. The number of carboxylic acid groups (broad SMARTS) is 1. The molecule has 0 amide bonds. The van der Waals surface area contributed by atoms with E-state index in [2.05, 4.69) is 22.9 Å². The molecule has 6 heteroatoms. The number of benzene rings is 1. The van der Waals surface area contributed by atoms with Crippen LogP contribution in [-0.2, 0) is 9.84 Å². The molecule has 0 bridgehead atoms. The summed E-state index contributed by atoms with van der Waals surface area (Å²) in [7, 11) is -3.50. The van der Waals surface area contributed by atoms with Gasteiger partial charge in [0.25, 0.3) is 0 Å². The number of carbonyl (C=O) groups is 1. The summed E-state index contributed by atoms with van der Waals surface area (Å²) in [6.45, 7) is 2.13. The van der Waals surface area contributed by atoms with Crippen molar-refractivity contribution in [1.29, 1.82) is 0 Å². The molecule has 0 aliphatic heterocycles. The Bertz CT molecular complexity index is 666. The molecule has 2 rings (SSSR count). The molecule has 1 aromatic rings. The van der Waals surface area contributed by atoms with E-state index in [4.69, 9.17) is 0 Å². The molecule has 1 aliphatic rings. The van der Waals surface area contributed by atoms with Crippen LogP contribution in [0.5, 0.6) is 0 Å². The average Bonchev–Trinajstić information content (AvgIpc) is 2.36. The van der Waals surface area contributed by atoms with Crippen molar-refractivity contribution in [3.8, 4) is 0 Å². The summed E-state index contributed by atoms with van der Waals surface area (Å²) < 4.78 is 24.5. The number of hydrogen-bond donors (Lipinski definition) is 1. The highest BCUT2D eigenvalue weighted by Crippen LogP contribution is 2.42. The van der Waals surface area contributed by atoms with E-state index in [1.165, 1.54) is 12.5 Å². The summed E-state index contributed by atoms with van der Waals surface area (Å²) in [5, 5.41) is 9.18. The third-order valence-corrected chi connectivity index (χ3v) is 6.51. The molecule has 0 spiro atoms. The van der Waals surface area contributed by atoms with Gasteiger partial charge in [-0.05, 0) is 45.8 Å². The van der Waals surface area contributed by atoms with Crippen molar-refractivity contribution in [2.45, 2.75) is 43.4 Å². The summed E-state index contributed by atoms with van der Waals surface area (Å²) in [6, 6.07) is 3.18. The first kappa shape index (κ1) is 16.5. The van der Waals surface area contributed by atoms with E-state index < -0.39 is 15.8 Å². The minimum atomic E-state index is -3.50. The van der Waals surface area contributed by atoms with Gasteiger partial charge in [0.2, 0.25) is 0 Å². The van der Waals surface area contributed by atoms with E-state index in [1.807, 2.05) is 0 Å². The summed E-state index contributed by atoms with van der Waals surface area (Å²) >= 11 is 3.20. The smallest absolute Gasteiger partial charge is 0.336 e. The number of hydrogen-bond acceptors (Lipinski definition) is 3. The molecule has 116 valence electrons. The van der Waals surface area contributed by atoms with Crippen LogP contribution in [0.1, 0.15) is 54.4 Å². The van der Waals surface area contributed by atoms with Gasteiger partial charge >= 0.3 is 5.97 Å². The minimum absolute atomic E-state index is 0.0114.